The average molecular weight is 366 g/mol. The standard InChI is InChI=1S/C18H21ClFN3O2/c1-25-10-9-22-8-6-21-17(22)13-3-2-7-23(12-13)18(24)15-11-14(19)4-5-16(15)20/h4-6,8,11,13H,2-3,7,9-10,12H2,1H3/t13-/m0/s1. The molecular formula is C18H21ClFN3O2. The van der Waals surface area contributed by atoms with Gasteiger partial charge in [-0.05, 0) is 31.0 Å². The van der Waals surface area contributed by atoms with Crippen LogP contribution in [0.5, 0.6) is 0 Å². The molecule has 7 heteroatoms. The average Bonchev–Trinajstić information content (AvgIpc) is 3.10. The number of carbonyl (C=O) groups is 1. The number of hydrogen-bond acceptors (Lipinski definition) is 3. The van der Waals surface area contributed by atoms with Gasteiger partial charge >= 0.3 is 0 Å². The Balaban J connectivity index is 1.76. The minimum absolute atomic E-state index is 0.0240. The Morgan fingerprint density at radius 2 is 2.32 bits per heavy atom. The van der Waals surface area contributed by atoms with E-state index in [2.05, 4.69) is 9.55 Å². The van der Waals surface area contributed by atoms with Crippen molar-refractivity contribution in [2.24, 2.45) is 0 Å². The summed E-state index contributed by atoms with van der Waals surface area (Å²) in [5, 5.41) is 0.355. The van der Waals surface area contributed by atoms with Gasteiger partial charge in [0.15, 0.2) is 0 Å². The largest absolute Gasteiger partial charge is 0.383 e. The Kier molecular flexibility index (Phi) is 5.71. The van der Waals surface area contributed by atoms with Crippen LogP contribution >= 0.6 is 11.6 Å². The number of amides is 1. The monoisotopic (exact) mass is 365 g/mol. The van der Waals surface area contributed by atoms with Crippen LogP contribution in [0.25, 0.3) is 0 Å². The SMILES string of the molecule is COCCn1ccnc1[C@H]1CCCN(C(=O)c2cc(Cl)ccc2F)C1. The summed E-state index contributed by atoms with van der Waals surface area (Å²) in [5.74, 6) is 0.214. The molecule has 25 heavy (non-hydrogen) atoms. The van der Waals surface area contributed by atoms with Crippen LogP contribution in [0.2, 0.25) is 5.02 Å². The van der Waals surface area contributed by atoms with Crippen LogP contribution in [-0.2, 0) is 11.3 Å². The van der Waals surface area contributed by atoms with Gasteiger partial charge in [0.1, 0.15) is 11.6 Å². The van der Waals surface area contributed by atoms with E-state index in [1.807, 2.05) is 6.20 Å². The number of piperidine rings is 1. The fourth-order valence-electron chi connectivity index (χ4n) is 3.26. The third kappa shape index (κ3) is 4.02. The lowest BCUT2D eigenvalue weighted by molar-refractivity contribution is 0.0698. The minimum atomic E-state index is -0.543. The highest BCUT2D eigenvalue weighted by molar-refractivity contribution is 6.31. The summed E-state index contributed by atoms with van der Waals surface area (Å²) in [6.45, 7) is 2.46. The molecule has 0 bridgehead atoms. The second kappa shape index (κ2) is 7.97. The molecule has 134 valence electrons. The molecule has 0 unspecified atom stereocenters. The molecule has 0 spiro atoms. The van der Waals surface area contributed by atoms with E-state index >= 15 is 0 Å². The molecule has 1 aromatic carbocycles. The van der Waals surface area contributed by atoms with E-state index in [1.165, 1.54) is 18.2 Å². The first-order valence-corrected chi connectivity index (χ1v) is 8.72. The molecule has 1 atom stereocenters. The number of halogens is 2. The Hall–Kier alpha value is -1.92. The van der Waals surface area contributed by atoms with Gasteiger partial charge in [0.05, 0.1) is 12.2 Å². The Labute approximate surface area is 151 Å². The highest BCUT2D eigenvalue weighted by Crippen LogP contribution is 2.27. The first-order valence-electron chi connectivity index (χ1n) is 8.34. The summed E-state index contributed by atoms with van der Waals surface area (Å²) in [6.07, 6.45) is 5.50. The lowest BCUT2D eigenvalue weighted by Gasteiger charge is -2.33. The van der Waals surface area contributed by atoms with Gasteiger partial charge in [-0.1, -0.05) is 11.6 Å². The van der Waals surface area contributed by atoms with Gasteiger partial charge in [-0.15, -0.1) is 0 Å². The van der Waals surface area contributed by atoms with Crippen molar-refractivity contribution in [1.82, 2.24) is 14.5 Å². The smallest absolute Gasteiger partial charge is 0.256 e. The molecule has 0 aliphatic carbocycles. The fourth-order valence-corrected chi connectivity index (χ4v) is 3.44. The lowest BCUT2D eigenvalue weighted by atomic mass is 9.96. The number of hydrogen-bond donors (Lipinski definition) is 0. The zero-order valence-corrected chi connectivity index (χ0v) is 14.9. The molecule has 1 amide bonds. The molecule has 5 nitrogen and oxygen atoms in total. The van der Waals surface area contributed by atoms with Crippen molar-refractivity contribution >= 4 is 17.5 Å². The van der Waals surface area contributed by atoms with Crippen LogP contribution in [0.15, 0.2) is 30.6 Å². The number of benzene rings is 1. The van der Waals surface area contributed by atoms with Gasteiger partial charge in [-0.2, -0.15) is 0 Å². The van der Waals surface area contributed by atoms with Gasteiger partial charge in [-0.3, -0.25) is 4.79 Å². The van der Waals surface area contributed by atoms with Gasteiger partial charge in [-0.25, -0.2) is 9.37 Å². The molecule has 1 aliphatic rings. The first-order chi connectivity index (χ1) is 12.1. The summed E-state index contributed by atoms with van der Waals surface area (Å²) in [6, 6.07) is 4.07. The topological polar surface area (TPSA) is 47.4 Å². The molecule has 0 radical (unpaired) electrons. The normalized spacial score (nSPS) is 17.7. The number of methoxy groups -OCH3 is 1. The third-order valence-corrected chi connectivity index (χ3v) is 4.75. The van der Waals surface area contributed by atoms with Gasteiger partial charge in [0.25, 0.3) is 5.91 Å². The van der Waals surface area contributed by atoms with Gasteiger partial charge in [0.2, 0.25) is 0 Å². The first kappa shape index (κ1) is 17.9. The van der Waals surface area contributed by atoms with Crippen LogP contribution in [0.1, 0.15) is 34.9 Å². The maximum Gasteiger partial charge on any atom is 0.256 e. The van der Waals surface area contributed by atoms with Crippen LogP contribution < -0.4 is 0 Å². The molecule has 0 N–H and O–H groups in total. The number of carbonyl (C=O) groups excluding carboxylic acids is 1. The predicted octanol–water partition coefficient (Wildman–Crippen LogP) is 3.34. The third-order valence-electron chi connectivity index (χ3n) is 4.52. The molecular weight excluding hydrogens is 345 g/mol. The lowest BCUT2D eigenvalue weighted by Crippen LogP contribution is -2.40. The summed E-state index contributed by atoms with van der Waals surface area (Å²) in [5.41, 5.74) is 0.0240. The summed E-state index contributed by atoms with van der Waals surface area (Å²) in [4.78, 5) is 18.9. The molecule has 2 heterocycles. The summed E-state index contributed by atoms with van der Waals surface area (Å²) >= 11 is 5.92. The second-order valence-electron chi connectivity index (χ2n) is 6.19. The van der Waals surface area contributed by atoms with E-state index in [0.29, 0.717) is 24.7 Å². The van der Waals surface area contributed by atoms with E-state index in [1.54, 1.807) is 18.2 Å². The molecule has 1 fully saturated rings. The molecule has 1 aromatic heterocycles. The minimum Gasteiger partial charge on any atom is -0.383 e. The zero-order valence-electron chi connectivity index (χ0n) is 14.1. The maximum absolute atomic E-state index is 14.0. The van der Waals surface area contributed by atoms with Crippen molar-refractivity contribution in [1.29, 1.82) is 0 Å². The van der Waals surface area contributed by atoms with Crippen molar-refractivity contribution in [2.45, 2.75) is 25.3 Å². The number of aromatic nitrogens is 2. The van der Waals surface area contributed by atoms with Crippen molar-refractivity contribution in [3.63, 3.8) is 0 Å². The second-order valence-corrected chi connectivity index (χ2v) is 6.62. The van der Waals surface area contributed by atoms with Crippen molar-refractivity contribution in [2.75, 3.05) is 26.8 Å². The van der Waals surface area contributed by atoms with E-state index in [0.717, 1.165) is 25.2 Å². The summed E-state index contributed by atoms with van der Waals surface area (Å²) in [7, 11) is 1.66. The molecule has 1 saturated heterocycles. The van der Waals surface area contributed by atoms with Gasteiger partial charge < -0.3 is 14.2 Å². The Morgan fingerprint density at radius 1 is 1.48 bits per heavy atom. The van der Waals surface area contributed by atoms with Crippen LogP contribution in [0.3, 0.4) is 0 Å². The number of imidazole rings is 1. The highest BCUT2D eigenvalue weighted by Gasteiger charge is 2.29. The van der Waals surface area contributed by atoms with E-state index in [9.17, 15) is 9.18 Å². The van der Waals surface area contributed by atoms with Gasteiger partial charge in [0, 0.05) is 50.1 Å². The quantitative estimate of drug-likeness (QED) is 0.816. The number of rotatable bonds is 5. The number of nitrogens with zero attached hydrogens (tertiary/aromatic N) is 3. The van der Waals surface area contributed by atoms with E-state index < -0.39 is 5.82 Å². The van der Waals surface area contributed by atoms with Crippen molar-refractivity contribution in [3.05, 3.63) is 52.8 Å². The number of likely N-dealkylation sites (tertiary alicyclic amines) is 1. The summed E-state index contributed by atoms with van der Waals surface area (Å²) < 4.78 is 21.2. The predicted molar refractivity (Wildman–Crippen MR) is 93.4 cm³/mol. The molecule has 2 aromatic rings. The molecule has 0 saturated carbocycles. The fraction of sp³-hybridized carbons (Fsp3) is 0.444. The maximum atomic E-state index is 14.0. The highest BCUT2D eigenvalue weighted by atomic mass is 35.5. The molecule has 1 aliphatic heterocycles. The van der Waals surface area contributed by atoms with Crippen LogP contribution in [0, 0.1) is 5.82 Å². The Bertz CT molecular complexity index is 750. The zero-order chi connectivity index (χ0) is 17.8. The molecule has 3 rings (SSSR count). The van der Waals surface area contributed by atoms with Crippen LogP contribution in [0.4, 0.5) is 4.39 Å². The Morgan fingerprint density at radius 3 is 3.12 bits per heavy atom. The van der Waals surface area contributed by atoms with Crippen molar-refractivity contribution in [3.8, 4) is 0 Å². The number of ether oxygens (including phenoxy) is 1. The van der Waals surface area contributed by atoms with E-state index in [-0.39, 0.29) is 17.4 Å². The van der Waals surface area contributed by atoms with Crippen LogP contribution in [-0.4, -0.2) is 47.2 Å². The van der Waals surface area contributed by atoms with Crippen molar-refractivity contribution < 1.29 is 13.9 Å². The van der Waals surface area contributed by atoms with E-state index in [4.69, 9.17) is 16.3 Å².